The Bertz CT molecular complexity index is 1360. The predicted octanol–water partition coefficient (Wildman–Crippen LogP) is -4.26. The lowest BCUT2D eigenvalue weighted by Gasteiger charge is -2.23. The number of rotatable bonds is 22. The molecule has 0 saturated heterocycles. The Morgan fingerprint density at radius 3 is 0.849 bits per heavy atom. The Morgan fingerprint density at radius 1 is 0.415 bits per heavy atom. The van der Waals surface area contributed by atoms with Gasteiger partial charge in [-0.1, -0.05) is 0 Å². The number of hydrogen-bond donors (Lipinski definition) is 11. The molecule has 0 aliphatic carbocycles. The monoisotopic (exact) mass is 756 g/mol. The number of hydrogen-bond acceptors (Lipinski definition) is 11. The Hall–Kier alpha value is -5.34. The van der Waals surface area contributed by atoms with Crippen LogP contribution in [0.15, 0.2) is 0 Å². The topological polar surface area (TPSA) is 325 Å². The van der Waals surface area contributed by atoms with E-state index in [4.69, 9.17) is 5.73 Å². The highest BCUT2D eigenvalue weighted by Crippen LogP contribution is 2.02. The molecule has 9 amide bonds. The molecule has 0 aliphatic heterocycles. The van der Waals surface area contributed by atoms with Crippen LogP contribution in [-0.2, 0) is 47.9 Å². The van der Waals surface area contributed by atoms with Crippen molar-refractivity contribution in [3.63, 3.8) is 0 Å². The van der Waals surface area contributed by atoms with Crippen molar-refractivity contribution in [1.82, 2.24) is 47.9 Å². The number of carboxylic acid groups (broad SMARTS) is 1. The summed E-state index contributed by atoms with van der Waals surface area (Å²) < 4.78 is 0. The molecule has 300 valence electrons. The van der Waals surface area contributed by atoms with Crippen LogP contribution in [-0.4, -0.2) is 125 Å². The van der Waals surface area contributed by atoms with Crippen LogP contribution in [0.25, 0.3) is 0 Å². The molecule has 0 rings (SSSR count). The number of amides is 9. The maximum Gasteiger partial charge on any atom is 0.326 e. The smallest absolute Gasteiger partial charge is 0.326 e. The first-order chi connectivity index (χ1) is 24.5. The van der Waals surface area contributed by atoms with E-state index in [1.54, 1.807) is 0 Å². The highest BCUT2D eigenvalue weighted by Gasteiger charge is 2.29. The van der Waals surface area contributed by atoms with Crippen LogP contribution in [0.3, 0.4) is 0 Å². The summed E-state index contributed by atoms with van der Waals surface area (Å²) in [5, 5.41) is 30.8. The third-order valence-corrected chi connectivity index (χ3v) is 7.64. The molecule has 0 unspecified atom stereocenters. The van der Waals surface area contributed by atoms with Crippen LogP contribution in [0.4, 0.5) is 0 Å². The van der Waals surface area contributed by atoms with E-state index in [1.165, 1.54) is 62.3 Å². The number of carbonyl (C=O) groups excluding carboxylic acids is 9. The third kappa shape index (κ3) is 18.1. The zero-order chi connectivity index (χ0) is 41.2. The van der Waals surface area contributed by atoms with E-state index in [2.05, 4.69) is 47.9 Å². The largest absolute Gasteiger partial charge is 0.480 e. The molecule has 0 saturated carbocycles. The molecule has 0 heterocycles. The molecular weight excluding hydrogens is 700 g/mol. The van der Waals surface area contributed by atoms with Crippen LogP contribution in [0, 0.1) is 0 Å². The molecule has 0 fully saturated rings. The minimum Gasteiger partial charge on any atom is -0.480 e. The molecule has 12 N–H and O–H groups in total. The summed E-state index contributed by atoms with van der Waals surface area (Å²) in [6.45, 7) is 12.4. The first-order valence-corrected chi connectivity index (χ1v) is 17.1. The maximum atomic E-state index is 12.7. The van der Waals surface area contributed by atoms with E-state index in [-0.39, 0.29) is 6.42 Å². The molecule has 0 aromatic rings. The second-order valence-electron chi connectivity index (χ2n) is 12.7. The van der Waals surface area contributed by atoms with Gasteiger partial charge in [0, 0.05) is 6.92 Å². The van der Waals surface area contributed by atoms with E-state index in [1.807, 2.05) is 0 Å². The van der Waals surface area contributed by atoms with Gasteiger partial charge in [0.05, 0.1) is 0 Å². The lowest BCUT2D eigenvalue weighted by Crippen LogP contribution is -2.58. The predicted molar refractivity (Wildman–Crippen MR) is 189 cm³/mol. The fraction of sp³-hybridized carbons (Fsp3) is 0.688. The number of carboxylic acids is 1. The maximum absolute atomic E-state index is 12.7. The van der Waals surface area contributed by atoms with Gasteiger partial charge in [0.2, 0.25) is 53.2 Å². The molecule has 0 aliphatic rings. The minimum absolute atomic E-state index is 0.154. The van der Waals surface area contributed by atoms with Crippen molar-refractivity contribution in [1.29, 1.82) is 0 Å². The average molecular weight is 757 g/mol. The summed E-state index contributed by atoms with van der Waals surface area (Å²) in [5.41, 5.74) is 5.42. The SMILES string of the molecule is CC(=O)N[C@@H](C)C(=O)N[C@@H](C)C(=O)N[C@@H](C)C(=O)N[C@@H](C)C(=O)N[C@@H](C)C(=O)N[C@@H](C)C(=O)N[C@@H](C)C(=O)N[C@@H](C)C(=O)N[C@@H](CCCCN)C(=O)O. The van der Waals surface area contributed by atoms with Crippen LogP contribution >= 0.6 is 0 Å². The standard InChI is InChI=1S/C32H56N10O11/c1-14(34-22(9)43)24(44)35-15(2)25(45)36-16(3)26(46)37-17(4)27(47)38-18(5)28(48)39-19(6)29(49)40-20(7)30(50)41-21(8)31(51)42-23(32(52)53)12-10-11-13-33/h14-21,23H,10-13,33H2,1-9H3,(H,34,43)(H,35,44)(H,36,45)(H,37,46)(H,38,47)(H,39,48)(H,40,49)(H,41,50)(H,42,51)(H,52,53)/t14-,15-,16-,17-,18-,19-,20-,21-,23-/m0/s1. The zero-order valence-corrected chi connectivity index (χ0v) is 31.6. The van der Waals surface area contributed by atoms with Crippen molar-refractivity contribution >= 4 is 59.1 Å². The Labute approximate surface area is 308 Å². The molecule has 0 bridgehead atoms. The second kappa shape index (κ2) is 23.3. The minimum atomic E-state index is -1.23. The Morgan fingerprint density at radius 2 is 0.642 bits per heavy atom. The van der Waals surface area contributed by atoms with E-state index < -0.39 is 114 Å². The Balaban J connectivity index is 4.88. The molecule has 0 aromatic heterocycles. The van der Waals surface area contributed by atoms with E-state index in [0.29, 0.717) is 19.4 Å². The van der Waals surface area contributed by atoms with Crippen LogP contribution in [0.2, 0.25) is 0 Å². The van der Waals surface area contributed by atoms with Crippen molar-refractivity contribution in [2.75, 3.05) is 6.54 Å². The molecule has 0 radical (unpaired) electrons. The fourth-order valence-electron chi connectivity index (χ4n) is 4.24. The molecule has 9 atom stereocenters. The first-order valence-electron chi connectivity index (χ1n) is 17.1. The Kier molecular flexibility index (Phi) is 20.9. The quantitative estimate of drug-likeness (QED) is 0.0468. The molecule has 0 aromatic carbocycles. The summed E-state index contributed by atoms with van der Waals surface area (Å²) in [6.07, 6.45) is 1.21. The summed E-state index contributed by atoms with van der Waals surface area (Å²) in [6, 6.07) is -10.1. The van der Waals surface area contributed by atoms with Crippen molar-refractivity contribution in [2.24, 2.45) is 5.73 Å². The van der Waals surface area contributed by atoms with Gasteiger partial charge in [0.25, 0.3) is 0 Å². The van der Waals surface area contributed by atoms with Crippen molar-refractivity contribution in [3.05, 3.63) is 0 Å². The molecule has 21 heteroatoms. The zero-order valence-electron chi connectivity index (χ0n) is 31.6. The van der Waals surface area contributed by atoms with Gasteiger partial charge in [-0.15, -0.1) is 0 Å². The van der Waals surface area contributed by atoms with Crippen molar-refractivity contribution in [2.45, 2.75) is 136 Å². The van der Waals surface area contributed by atoms with Crippen molar-refractivity contribution in [3.8, 4) is 0 Å². The molecule has 21 nitrogen and oxygen atoms in total. The number of carbonyl (C=O) groups is 10. The number of nitrogens with one attached hydrogen (secondary N) is 9. The lowest BCUT2D eigenvalue weighted by atomic mass is 10.1. The van der Waals surface area contributed by atoms with Gasteiger partial charge in [-0.3, -0.25) is 43.2 Å². The van der Waals surface area contributed by atoms with E-state index in [9.17, 15) is 53.1 Å². The summed E-state index contributed by atoms with van der Waals surface area (Å²) in [5.74, 6) is -7.54. The third-order valence-electron chi connectivity index (χ3n) is 7.64. The van der Waals surface area contributed by atoms with Gasteiger partial charge in [0.1, 0.15) is 54.4 Å². The van der Waals surface area contributed by atoms with Gasteiger partial charge in [-0.05, 0) is 81.2 Å². The van der Waals surface area contributed by atoms with Gasteiger partial charge >= 0.3 is 5.97 Å². The van der Waals surface area contributed by atoms with E-state index in [0.717, 1.165) is 0 Å². The summed E-state index contributed by atoms with van der Waals surface area (Å²) in [4.78, 5) is 123. The van der Waals surface area contributed by atoms with Gasteiger partial charge in [-0.2, -0.15) is 0 Å². The van der Waals surface area contributed by atoms with Crippen molar-refractivity contribution < 1.29 is 53.1 Å². The number of aliphatic carboxylic acids is 1. The first kappa shape index (κ1) is 47.7. The summed E-state index contributed by atoms with van der Waals surface area (Å²) >= 11 is 0. The molecular formula is C32H56N10O11. The highest BCUT2D eigenvalue weighted by atomic mass is 16.4. The van der Waals surface area contributed by atoms with Gasteiger partial charge in [0.15, 0.2) is 0 Å². The van der Waals surface area contributed by atoms with Crippen LogP contribution in [0.1, 0.15) is 81.6 Å². The number of nitrogens with two attached hydrogens (primary N) is 1. The number of unbranched alkanes of at least 4 members (excludes halogenated alkanes) is 1. The fourth-order valence-corrected chi connectivity index (χ4v) is 4.24. The molecule has 0 spiro atoms. The normalized spacial score (nSPS) is 15.8. The van der Waals surface area contributed by atoms with Crippen LogP contribution in [0.5, 0.6) is 0 Å². The highest BCUT2D eigenvalue weighted by molar-refractivity contribution is 5.97. The summed E-state index contributed by atoms with van der Waals surface area (Å²) in [7, 11) is 0. The molecule has 53 heavy (non-hydrogen) atoms. The lowest BCUT2D eigenvalue weighted by molar-refractivity contribution is -0.142. The second-order valence-corrected chi connectivity index (χ2v) is 12.7. The average Bonchev–Trinajstić information content (AvgIpc) is 3.06. The van der Waals surface area contributed by atoms with E-state index >= 15 is 0 Å². The van der Waals surface area contributed by atoms with Gasteiger partial charge in [-0.25, -0.2) is 4.79 Å². The van der Waals surface area contributed by atoms with Crippen LogP contribution < -0.4 is 53.6 Å². The van der Waals surface area contributed by atoms with Gasteiger partial charge < -0.3 is 58.7 Å².